The molecule has 0 bridgehead atoms. The summed E-state index contributed by atoms with van der Waals surface area (Å²) in [6.45, 7) is 5.53. The van der Waals surface area contributed by atoms with Gasteiger partial charge in [0.2, 0.25) is 0 Å². The van der Waals surface area contributed by atoms with Crippen LogP contribution >= 0.6 is 11.3 Å². The van der Waals surface area contributed by atoms with Gasteiger partial charge in [-0.3, -0.25) is 4.79 Å². The van der Waals surface area contributed by atoms with Gasteiger partial charge in [0.15, 0.2) is 0 Å². The molecule has 0 unspecified atom stereocenters. The van der Waals surface area contributed by atoms with Crippen LogP contribution in [-0.2, 0) is 0 Å². The van der Waals surface area contributed by atoms with Gasteiger partial charge in [-0.25, -0.2) is 4.98 Å². The van der Waals surface area contributed by atoms with Crippen molar-refractivity contribution in [1.29, 1.82) is 0 Å². The number of carbonyl (C=O) groups excluding carboxylic acids is 1. The lowest BCUT2D eigenvalue weighted by atomic mass is 10.2. The van der Waals surface area contributed by atoms with Gasteiger partial charge in [-0.15, -0.1) is 11.3 Å². The molecule has 1 aromatic heterocycles. The van der Waals surface area contributed by atoms with Crippen LogP contribution in [0.5, 0.6) is 11.5 Å². The molecule has 1 heterocycles. The molecule has 0 aliphatic rings. The Labute approximate surface area is 169 Å². The van der Waals surface area contributed by atoms with Gasteiger partial charge in [0.25, 0.3) is 5.91 Å². The van der Waals surface area contributed by atoms with E-state index in [1.807, 2.05) is 62.4 Å². The number of nitrogens with zero attached hydrogens (tertiary/aromatic N) is 2. The minimum Gasteiger partial charge on any atom is -0.494 e. The van der Waals surface area contributed by atoms with Crippen molar-refractivity contribution in [2.24, 2.45) is 0 Å². The third-order valence-corrected chi connectivity index (χ3v) is 5.06. The van der Waals surface area contributed by atoms with Crippen LogP contribution < -0.4 is 9.47 Å². The summed E-state index contributed by atoms with van der Waals surface area (Å²) in [4.78, 5) is 18.8. The van der Waals surface area contributed by atoms with Gasteiger partial charge in [-0.05, 0) is 55.8 Å². The molecule has 0 aliphatic carbocycles. The van der Waals surface area contributed by atoms with Crippen molar-refractivity contribution >= 4 is 17.2 Å². The highest BCUT2D eigenvalue weighted by Gasteiger charge is 2.16. The molecule has 0 radical (unpaired) electrons. The molecule has 6 heteroatoms. The van der Waals surface area contributed by atoms with Gasteiger partial charge < -0.3 is 14.4 Å². The number of amides is 1. The predicted molar refractivity (Wildman–Crippen MR) is 112 cm³/mol. The van der Waals surface area contributed by atoms with Crippen molar-refractivity contribution in [3.63, 3.8) is 0 Å². The Kier molecular flexibility index (Phi) is 6.66. The van der Waals surface area contributed by atoms with Gasteiger partial charge in [-0.2, -0.15) is 0 Å². The normalized spacial score (nSPS) is 10.5. The second kappa shape index (κ2) is 9.37. The van der Waals surface area contributed by atoms with Crippen LogP contribution in [-0.4, -0.2) is 42.6 Å². The first-order chi connectivity index (χ1) is 13.6. The molecular formula is C22H24N2O3S. The summed E-state index contributed by atoms with van der Waals surface area (Å²) >= 11 is 1.46. The topological polar surface area (TPSA) is 51.7 Å². The highest BCUT2D eigenvalue weighted by atomic mass is 32.1. The van der Waals surface area contributed by atoms with E-state index in [9.17, 15) is 4.79 Å². The summed E-state index contributed by atoms with van der Waals surface area (Å²) in [6, 6.07) is 15.6. The summed E-state index contributed by atoms with van der Waals surface area (Å²) < 4.78 is 11.2. The van der Waals surface area contributed by atoms with E-state index in [2.05, 4.69) is 4.98 Å². The molecule has 0 spiro atoms. The number of aryl methyl sites for hydroxylation is 1. The number of thiazole rings is 1. The van der Waals surface area contributed by atoms with Crippen LogP contribution in [0.2, 0.25) is 0 Å². The fourth-order valence-electron chi connectivity index (χ4n) is 2.67. The highest BCUT2D eigenvalue weighted by Crippen LogP contribution is 2.26. The van der Waals surface area contributed by atoms with E-state index < -0.39 is 0 Å². The zero-order chi connectivity index (χ0) is 19.9. The number of ether oxygens (including phenoxy) is 2. The molecule has 0 N–H and O–H groups in total. The third kappa shape index (κ3) is 5.10. The Hall–Kier alpha value is -2.86. The lowest BCUT2D eigenvalue weighted by Crippen LogP contribution is -2.31. The number of hydrogen-bond acceptors (Lipinski definition) is 5. The van der Waals surface area contributed by atoms with Crippen LogP contribution in [0.15, 0.2) is 53.9 Å². The van der Waals surface area contributed by atoms with Gasteiger partial charge in [0.1, 0.15) is 28.8 Å². The zero-order valence-corrected chi connectivity index (χ0v) is 17.2. The van der Waals surface area contributed by atoms with Crippen molar-refractivity contribution in [3.8, 4) is 22.1 Å². The first kappa shape index (κ1) is 19.9. The van der Waals surface area contributed by atoms with E-state index in [0.29, 0.717) is 25.5 Å². The molecular weight excluding hydrogens is 372 g/mol. The summed E-state index contributed by atoms with van der Waals surface area (Å²) in [5.74, 6) is 1.53. The van der Waals surface area contributed by atoms with Crippen LogP contribution in [0.25, 0.3) is 10.6 Å². The Morgan fingerprint density at radius 3 is 2.61 bits per heavy atom. The lowest BCUT2D eigenvalue weighted by molar-refractivity contribution is 0.0769. The van der Waals surface area contributed by atoms with Crippen molar-refractivity contribution in [2.75, 3.05) is 26.8 Å². The van der Waals surface area contributed by atoms with E-state index in [-0.39, 0.29) is 5.91 Å². The summed E-state index contributed by atoms with van der Waals surface area (Å²) in [5, 5.41) is 2.61. The Morgan fingerprint density at radius 2 is 1.89 bits per heavy atom. The van der Waals surface area contributed by atoms with Crippen LogP contribution in [0.4, 0.5) is 0 Å². The molecule has 0 atom stereocenters. The van der Waals surface area contributed by atoms with Gasteiger partial charge in [0.05, 0.1) is 13.2 Å². The first-order valence-corrected chi connectivity index (χ1v) is 10.1. The summed E-state index contributed by atoms with van der Waals surface area (Å²) in [5.41, 5.74) is 2.57. The van der Waals surface area contributed by atoms with Crippen molar-refractivity contribution in [2.45, 2.75) is 13.8 Å². The maximum absolute atomic E-state index is 12.6. The van der Waals surface area contributed by atoms with E-state index in [1.54, 1.807) is 17.3 Å². The van der Waals surface area contributed by atoms with Crippen LogP contribution in [0.3, 0.4) is 0 Å². The second-order valence-corrected chi connectivity index (χ2v) is 7.25. The minimum atomic E-state index is -0.110. The third-order valence-electron chi connectivity index (χ3n) is 4.17. The van der Waals surface area contributed by atoms with Crippen molar-refractivity contribution in [3.05, 3.63) is 65.2 Å². The standard InChI is InChI=1S/C22H24N2O3S/c1-4-26-18-10-8-17(9-11-18)21-23-20(15-28-21)22(25)24(3)12-13-27-19-7-5-6-16(2)14-19/h5-11,14-15H,4,12-13H2,1-3H3. The number of aromatic nitrogens is 1. The summed E-state index contributed by atoms with van der Waals surface area (Å²) in [7, 11) is 1.76. The fraction of sp³-hybridized carbons (Fsp3) is 0.273. The van der Waals surface area contributed by atoms with Gasteiger partial charge >= 0.3 is 0 Å². The molecule has 0 fully saturated rings. The average molecular weight is 397 g/mol. The second-order valence-electron chi connectivity index (χ2n) is 6.39. The molecule has 2 aromatic carbocycles. The van der Waals surface area contributed by atoms with Crippen LogP contribution in [0, 0.1) is 6.92 Å². The maximum atomic E-state index is 12.6. The van der Waals surface area contributed by atoms with Gasteiger partial charge in [0, 0.05) is 18.0 Å². The van der Waals surface area contributed by atoms with Crippen molar-refractivity contribution < 1.29 is 14.3 Å². The van der Waals surface area contributed by atoms with E-state index in [4.69, 9.17) is 9.47 Å². The fourth-order valence-corrected chi connectivity index (χ4v) is 3.47. The molecule has 0 saturated heterocycles. The lowest BCUT2D eigenvalue weighted by Gasteiger charge is -2.16. The number of benzene rings is 2. The number of rotatable bonds is 8. The monoisotopic (exact) mass is 396 g/mol. The Balaban J connectivity index is 1.56. The van der Waals surface area contributed by atoms with E-state index in [0.717, 1.165) is 27.6 Å². The van der Waals surface area contributed by atoms with Crippen molar-refractivity contribution in [1.82, 2.24) is 9.88 Å². The van der Waals surface area contributed by atoms with E-state index in [1.165, 1.54) is 11.3 Å². The highest BCUT2D eigenvalue weighted by molar-refractivity contribution is 7.13. The minimum absolute atomic E-state index is 0.110. The number of likely N-dealkylation sites (N-methyl/N-ethyl adjacent to an activating group) is 1. The molecule has 0 saturated carbocycles. The number of hydrogen-bond donors (Lipinski definition) is 0. The maximum Gasteiger partial charge on any atom is 0.273 e. The average Bonchev–Trinajstić information content (AvgIpc) is 3.18. The zero-order valence-electron chi connectivity index (χ0n) is 16.3. The molecule has 3 aromatic rings. The smallest absolute Gasteiger partial charge is 0.273 e. The van der Waals surface area contributed by atoms with Crippen LogP contribution in [0.1, 0.15) is 23.0 Å². The van der Waals surface area contributed by atoms with Gasteiger partial charge in [-0.1, -0.05) is 12.1 Å². The Morgan fingerprint density at radius 1 is 1.11 bits per heavy atom. The molecule has 146 valence electrons. The molecule has 28 heavy (non-hydrogen) atoms. The summed E-state index contributed by atoms with van der Waals surface area (Å²) in [6.07, 6.45) is 0. The first-order valence-electron chi connectivity index (χ1n) is 9.20. The largest absolute Gasteiger partial charge is 0.494 e. The molecule has 0 aliphatic heterocycles. The number of carbonyl (C=O) groups is 1. The SMILES string of the molecule is CCOc1ccc(-c2nc(C(=O)N(C)CCOc3cccc(C)c3)cs2)cc1. The molecule has 1 amide bonds. The predicted octanol–water partition coefficient (Wildman–Crippen LogP) is 4.67. The quantitative estimate of drug-likeness (QED) is 0.555. The molecule has 5 nitrogen and oxygen atoms in total. The molecule has 3 rings (SSSR count). The van der Waals surface area contributed by atoms with E-state index >= 15 is 0 Å². The Bertz CT molecular complexity index is 922.